The van der Waals surface area contributed by atoms with Crippen LogP contribution >= 0.6 is 0 Å². The molecule has 1 aromatic carbocycles. The average molecular weight is 390 g/mol. The molecule has 4 heteroatoms. The Hall–Kier alpha value is -1.57. The molecule has 0 aliphatic heterocycles. The van der Waals surface area contributed by atoms with Crippen LogP contribution in [0.5, 0.6) is 0 Å². The first-order valence-corrected chi connectivity index (χ1v) is 11.8. The molecule has 0 amide bonds. The van der Waals surface area contributed by atoms with E-state index in [0.29, 0.717) is 0 Å². The van der Waals surface area contributed by atoms with E-state index in [1.165, 1.54) is 17.4 Å². The number of sulfonamides is 1. The van der Waals surface area contributed by atoms with Crippen molar-refractivity contribution in [2.75, 3.05) is 6.26 Å². The standard InChI is InChI=1S/C23H35NO2S/c1-6-8-10-12-14-21-15-13-16-22(20(21)4)18-19(3)23(17-11-9-7-2)24-27(5,25)26/h6,13,15-16,19,23-24H,1,7-11,17-18H2,2-5H3. The molecule has 150 valence electrons. The monoisotopic (exact) mass is 389 g/mol. The van der Waals surface area contributed by atoms with Crippen molar-refractivity contribution in [3.05, 3.63) is 47.5 Å². The summed E-state index contributed by atoms with van der Waals surface area (Å²) < 4.78 is 26.4. The summed E-state index contributed by atoms with van der Waals surface area (Å²) in [5, 5.41) is 0. The molecular weight excluding hydrogens is 354 g/mol. The maximum atomic E-state index is 11.8. The van der Waals surface area contributed by atoms with Crippen molar-refractivity contribution < 1.29 is 8.42 Å². The molecule has 0 aromatic heterocycles. The van der Waals surface area contributed by atoms with Gasteiger partial charge >= 0.3 is 0 Å². The van der Waals surface area contributed by atoms with Gasteiger partial charge in [0.25, 0.3) is 0 Å². The summed E-state index contributed by atoms with van der Waals surface area (Å²) in [7, 11) is -3.21. The number of allylic oxidation sites excluding steroid dienone is 1. The van der Waals surface area contributed by atoms with Crippen LogP contribution in [0.2, 0.25) is 0 Å². The molecule has 0 saturated heterocycles. The topological polar surface area (TPSA) is 46.2 Å². The molecular formula is C23H35NO2S. The lowest BCUT2D eigenvalue weighted by atomic mass is 9.88. The zero-order chi connectivity index (χ0) is 20.3. The molecule has 2 atom stereocenters. The van der Waals surface area contributed by atoms with Crippen molar-refractivity contribution in [2.24, 2.45) is 5.92 Å². The zero-order valence-corrected chi connectivity index (χ0v) is 18.2. The van der Waals surface area contributed by atoms with E-state index in [1.807, 2.05) is 12.1 Å². The highest BCUT2D eigenvalue weighted by Crippen LogP contribution is 2.21. The van der Waals surface area contributed by atoms with Gasteiger partial charge in [0.15, 0.2) is 0 Å². The highest BCUT2D eigenvalue weighted by atomic mass is 32.2. The summed E-state index contributed by atoms with van der Waals surface area (Å²) in [6.45, 7) is 10.1. The smallest absolute Gasteiger partial charge is 0.208 e. The van der Waals surface area contributed by atoms with E-state index in [2.05, 4.69) is 56.0 Å². The van der Waals surface area contributed by atoms with Crippen LogP contribution in [0.4, 0.5) is 0 Å². The lowest BCUT2D eigenvalue weighted by Crippen LogP contribution is -2.39. The predicted octanol–water partition coefficient (Wildman–Crippen LogP) is 4.99. The third kappa shape index (κ3) is 9.26. The fourth-order valence-electron chi connectivity index (χ4n) is 3.21. The fraction of sp³-hybridized carbons (Fsp3) is 0.565. The minimum Gasteiger partial charge on any atom is -0.213 e. The highest BCUT2D eigenvalue weighted by Gasteiger charge is 2.21. The summed E-state index contributed by atoms with van der Waals surface area (Å²) >= 11 is 0. The first-order chi connectivity index (χ1) is 12.8. The molecule has 27 heavy (non-hydrogen) atoms. The van der Waals surface area contributed by atoms with Gasteiger partial charge in [-0.1, -0.05) is 63.2 Å². The molecule has 0 saturated carbocycles. The van der Waals surface area contributed by atoms with Crippen LogP contribution in [-0.4, -0.2) is 20.7 Å². The fourth-order valence-corrected chi connectivity index (χ4v) is 4.11. The van der Waals surface area contributed by atoms with E-state index < -0.39 is 10.0 Å². The molecule has 0 bridgehead atoms. The van der Waals surface area contributed by atoms with Crippen molar-refractivity contribution in [1.82, 2.24) is 4.72 Å². The number of nitrogens with one attached hydrogen (secondary N) is 1. The van der Waals surface area contributed by atoms with Crippen LogP contribution < -0.4 is 4.72 Å². The predicted molar refractivity (Wildman–Crippen MR) is 116 cm³/mol. The summed E-state index contributed by atoms with van der Waals surface area (Å²) in [5.41, 5.74) is 3.50. The minimum absolute atomic E-state index is 0.0340. The lowest BCUT2D eigenvalue weighted by Gasteiger charge is -2.25. The van der Waals surface area contributed by atoms with Crippen molar-refractivity contribution in [3.63, 3.8) is 0 Å². The van der Waals surface area contributed by atoms with E-state index in [4.69, 9.17) is 0 Å². The van der Waals surface area contributed by atoms with Gasteiger partial charge in [-0.15, -0.1) is 6.58 Å². The third-order valence-electron chi connectivity index (χ3n) is 4.86. The maximum Gasteiger partial charge on any atom is 0.208 e. The van der Waals surface area contributed by atoms with Gasteiger partial charge < -0.3 is 0 Å². The second-order valence-corrected chi connectivity index (χ2v) is 9.17. The van der Waals surface area contributed by atoms with E-state index in [0.717, 1.165) is 50.5 Å². The minimum atomic E-state index is -3.21. The van der Waals surface area contributed by atoms with Gasteiger partial charge in [-0.2, -0.15) is 0 Å². The van der Waals surface area contributed by atoms with Crippen LogP contribution in [0.1, 0.15) is 69.1 Å². The Morgan fingerprint density at radius 1 is 1.30 bits per heavy atom. The number of hydrogen-bond donors (Lipinski definition) is 1. The van der Waals surface area contributed by atoms with Gasteiger partial charge in [-0.3, -0.25) is 0 Å². The third-order valence-corrected chi connectivity index (χ3v) is 5.59. The van der Waals surface area contributed by atoms with Gasteiger partial charge in [-0.05, 0) is 49.3 Å². The maximum absolute atomic E-state index is 11.8. The van der Waals surface area contributed by atoms with Gasteiger partial charge in [0.2, 0.25) is 10.0 Å². The van der Waals surface area contributed by atoms with Crippen molar-refractivity contribution in [1.29, 1.82) is 0 Å². The van der Waals surface area contributed by atoms with Crippen LogP contribution in [0.15, 0.2) is 30.9 Å². The molecule has 0 fully saturated rings. The highest BCUT2D eigenvalue weighted by molar-refractivity contribution is 7.88. The normalized spacial score (nSPS) is 13.5. The Labute approximate surface area is 166 Å². The largest absolute Gasteiger partial charge is 0.213 e. The SMILES string of the molecule is C=CCCC#Cc1cccc(CC(C)C(CCCCC)NS(C)(=O)=O)c1C. The van der Waals surface area contributed by atoms with E-state index in [1.54, 1.807) is 0 Å². The number of unbranched alkanes of at least 4 members (excludes halogenated alkanes) is 3. The lowest BCUT2D eigenvalue weighted by molar-refractivity contribution is 0.384. The molecule has 0 spiro atoms. The molecule has 1 rings (SSSR count). The van der Waals surface area contributed by atoms with Crippen LogP contribution in [0.3, 0.4) is 0 Å². The quantitative estimate of drug-likeness (QED) is 0.329. The van der Waals surface area contributed by atoms with Crippen molar-refractivity contribution in [2.45, 2.75) is 71.8 Å². The number of hydrogen-bond acceptors (Lipinski definition) is 2. The summed E-state index contributed by atoms with van der Waals surface area (Å²) in [4.78, 5) is 0. The van der Waals surface area contributed by atoms with Gasteiger partial charge in [0, 0.05) is 18.0 Å². The molecule has 0 aliphatic rings. The Balaban J connectivity index is 2.91. The summed E-state index contributed by atoms with van der Waals surface area (Å²) in [6, 6.07) is 6.19. The van der Waals surface area contributed by atoms with Gasteiger partial charge in [0.1, 0.15) is 0 Å². The van der Waals surface area contributed by atoms with Crippen molar-refractivity contribution in [3.8, 4) is 11.8 Å². The Morgan fingerprint density at radius 3 is 2.67 bits per heavy atom. The first kappa shape index (κ1) is 23.5. The number of benzene rings is 1. The van der Waals surface area contributed by atoms with Crippen molar-refractivity contribution >= 4 is 10.0 Å². The van der Waals surface area contributed by atoms with E-state index in [9.17, 15) is 8.42 Å². The summed E-state index contributed by atoms with van der Waals surface area (Å²) in [5.74, 6) is 6.68. The molecule has 1 aromatic rings. The van der Waals surface area contributed by atoms with E-state index in [-0.39, 0.29) is 12.0 Å². The molecule has 2 unspecified atom stereocenters. The summed E-state index contributed by atoms with van der Waals surface area (Å²) in [6.07, 6.45) is 9.87. The Kier molecular flexibility index (Phi) is 10.4. The molecule has 1 N–H and O–H groups in total. The second-order valence-electron chi connectivity index (χ2n) is 7.39. The second kappa shape index (κ2) is 12.0. The average Bonchev–Trinajstić information content (AvgIpc) is 2.60. The van der Waals surface area contributed by atoms with Gasteiger partial charge in [0.05, 0.1) is 6.26 Å². The molecule has 0 radical (unpaired) electrons. The molecule has 3 nitrogen and oxygen atoms in total. The van der Waals surface area contributed by atoms with Crippen LogP contribution in [0.25, 0.3) is 0 Å². The Bertz CT molecular complexity index is 756. The number of rotatable bonds is 11. The van der Waals surface area contributed by atoms with Gasteiger partial charge in [-0.25, -0.2) is 13.1 Å². The Morgan fingerprint density at radius 2 is 2.04 bits per heavy atom. The molecule has 0 aliphatic carbocycles. The first-order valence-electron chi connectivity index (χ1n) is 9.94. The zero-order valence-electron chi connectivity index (χ0n) is 17.3. The van der Waals surface area contributed by atoms with Crippen LogP contribution in [0, 0.1) is 24.7 Å². The molecule has 0 heterocycles. The van der Waals surface area contributed by atoms with E-state index >= 15 is 0 Å². The van der Waals surface area contributed by atoms with Crippen LogP contribution in [-0.2, 0) is 16.4 Å².